The number of imidazole rings is 1. The fraction of sp³-hybridized carbons (Fsp3) is 0.667. The van der Waals surface area contributed by atoms with Crippen LogP contribution < -0.4 is 0 Å². The molecule has 1 aromatic rings. The third-order valence-electron chi connectivity index (χ3n) is 3.61. The zero-order valence-electron chi connectivity index (χ0n) is 13.2. The molecule has 0 aromatic carbocycles. The van der Waals surface area contributed by atoms with E-state index in [9.17, 15) is 9.59 Å². The minimum Gasteiger partial charge on any atom is -0.456 e. The summed E-state index contributed by atoms with van der Waals surface area (Å²) in [4.78, 5) is 31.6. The first-order chi connectivity index (χ1) is 10.4. The second kappa shape index (κ2) is 6.81. The Morgan fingerprint density at radius 1 is 1.45 bits per heavy atom. The van der Waals surface area contributed by atoms with Crippen molar-refractivity contribution in [2.75, 3.05) is 13.1 Å². The zero-order chi connectivity index (χ0) is 16.2. The fourth-order valence-corrected chi connectivity index (χ4v) is 2.60. The molecule has 1 unspecified atom stereocenters. The van der Waals surface area contributed by atoms with Crippen molar-refractivity contribution in [1.82, 2.24) is 14.9 Å². The molecular formula is C15H23N3O4. The second-order valence-corrected chi connectivity index (χ2v) is 6.43. The van der Waals surface area contributed by atoms with Crippen molar-refractivity contribution in [3.63, 3.8) is 0 Å². The number of H-pyrrole nitrogens is 1. The molecule has 0 saturated carbocycles. The number of ether oxygens (including phenoxy) is 2. The fourth-order valence-electron chi connectivity index (χ4n) is 2.60. The summed E-state index contributed by atoms with van der Waals surface area (Å²) in [7, 11) is 0. The first-order valence-electron chi connectivity index (χ1n) is 7.47. The maximum absolute atomic E-state index is 12.0. The molecule has 1 saturated heterocycles. The predicted molar refractivity (Wildman–Crippen MR) is 79.0 cm³/mol. The third kappa shape index (κ3) is 4.22. The summed E-state index contributed by atoms with van der Waals surface area (Å²) in [6.45, 7) is 7.17. The lowest BCUT2D eigenvalue weighted by Crippen LogP contribution is -2.42. The van der Waals surface area contributed by atoms with Crippen LogP contribution in [-0.4, -0.2) is 46.1 Å². The average molecular weight is 309 g/mol. The van der Waals surface area contributed by atoms with Crippen LogP contribution in [0.2, 0.25) is 0 Å². The van der Waals surface area contributed by atoms with Crippen LogP contribution in [0, 0.1) is 5.92 Å². The first kappa shape index (κ1) is 16.3. The molecule has 1 atom stereocenters. The molecule has 7 heteroatoms. The van der Waals surface area contributed by atoms with Gasteiger partial charge in [-0.3, -0.25) is 4.79 Å². The van der Waals surface area contributed by atoms with Gasteiger partial charge in [-0.25, -0.2) is 9.78 Å². The summed E-state index contributed by atoms with van der Waals surface area (Å²) in [6, 6.07) is 0. The highest BCUT2D eigenvalue weighted by atomic mass is 16.6. The van der Waals surface area contributed by atoms with Crippen LogP contribution in [0.25, 0.3) is 0 Å². The molecule has 1 aliphatic heterocycles. The van der Waals surface area contributed by atoms with Crippen molar-refractivity contribution in [3.05, 3.63) is 18.2 Å². The summed E-state index contributed by atoms with van der Waals surface area (Å²) < 4.78 is 10.6. The van der Waals surface area contributed by atoms with Gasteiger partial charge in [0.2, 0.25) is 0 Å². The summed E-state index contributed by atoms with van der Waals surface area (Å²) in [5.41, 5.74) is -0.495. The summed E-state index contributed by atoms with van der Waals surface area (Å²) in [6.07, 6.45) is 4.11. The van der Waals surface area contributed by atoms with E-state index in [1.54, 1.807) is 17.3 Å². The number of aromatic nitrogens is 2. The number of nitrogens with one attached hydrogen (secondary N) is 1. The number of rotatable bonds is 4. The molecule has 7 nitrogen and oxygen atoms in total. The minimum atomic E-state index is -0.495. The van der Waals surface area contributed by atoms with Gasteiger partial charge in [-0.1, -0.05) is 0 Å². The Labute approximate surface area is 130 Å². The van der Waals surface area contributed by atoms with Crippen LogP contribution in [-0.2, 0) is 14.3 Å². The Morgan fingerprint density at radius 2 is 2.14 bits per heavy atom. The summed E-state index contributed by atoms with van der Waals surface area (Å²) in [5.74, 6) is 0.776. The molecular weight excluding hydrogens is 286 g/mol. The van der Waals surface area contributed by atoms with Crippen LogP contribution in [0.1, 0.15) is 45.5 Å². The Hall–Kier alpha value is -2.05. The van der Waals surface area contributed by atoms with Crippen LogP contribution in [0.5, 0.6) is 0 Å². The Kier molecular flexibility index (Phi) is 5.05. The molecule has 0 bridgehead atoms. The van der Waals surface area contributed by atoms with Gasteiger partial charge in [0.05, 0.1) is 0 Å². The van der Waals surface area contributed by atoms with E-state index in [-0.39, 0.29) is 12.0 Å². The van der Waals surface area contributed by atoms with Gasteiger partial charge in [0.25, 0.3) is 6.47 Å². The molecule has 1 aliphatic rings. The van der Waals surface area contributed by atoms with Crippen molar-refractivity contribution in [2.45, 2.75) is 45.3 Å². The highest BCUT2D eigenvalue weighted by molar-refractivity contribution is 5.68. The van der Waals surface area contributed by atoms with Gasteiger partial charge in [-0.15, -0.1) is 0 Å². The standard InChI is InChI=1S/C15H23N3O4/c1-15(2,3)22-14(20)18-8-4-11(5-9-18)12(21-10-19)13-16-6-7-17-13/h6-7,10-12H,4-5,8-9H2,1-3H3,(H,16,17). The normalized spacial score (nSPS) is 17.9. The summed E-state index contributed by atoms with van der Waals surface area (Å²) in [5, 5.41) is 0. The average Bonchev–Trinajstić information content (AvgIpc) is 2.97. The summed E-state index contributed by atoms with van der Waals surface area (Å²) >= 11 is 0. The lowest BCUT2D eigenvalue weighted by molar-refractivity contribution is -0.138. The third-order valence-corrected chi connectivity index (χ3v) is 3.61. The Bertz CT molecular complexity index is 487. The lowest BCUT2D eigenvalue weighted by Gasteiger charge is -2.35. The van der Waals surface area contributed by atoms with Gasteiger partial charge in [0, 0.05) is 31.4 Å². The van der Waals surface area contributed by atoms with E-state index in [0.717, 1.165) is 12.8 Å². The monoisotopic (exact) mass is 309 g/mol. The molecule has 0 radical (unpaired) electrons. The van der Waals surface area contributed by atoms with Crippen molar-refractivity contribution in [1.29, 1.82) is 0 Å². The number of amides is 1. The smallest absolute Gasteiger partial charge is 0.410 e. The number of hydrogen-bond acceptors (Lipinski definition) is 5. The van der Waals surface area contributed by atoms with Crippen LogP contribution in [0.3, 0.4) is 0 Å². The van der Waals surface area contributed by atoms with Gasteiger partial charge in [0.15, 0.2) is 6.10 Å². The lowest BCUT2D eigenvalue weighted by atomic mass is 9.91. The highest BCUT2D eigenvalue weighted by Gasteiger charge is 2.33. The van der Waals surface area contributed by atoms with Gasteiger partial charge in [-0.2, -0.15) is 0 Å². The number of carbonyl (C=O) groups excluding carboxylic acids is 2. The van der Waals surface area contributed by atoms with Crippen molar-refractivity contribution < 1.29 is 19.1 Å². The predicted octanol–water partition coefficient (Wildman–Crippen LogP) is 2.27. The molecule has 1 aromatic heterocycles. The Morgan fingerprint density at radius 3 is 2.64 bits per heavy atom. The molecule has 0 aliphatic carbocycles. The number of piperidine rings is 1. The molecule has 1 fully saturated rings. The largest absolute Gasteiger partial charge is 0.456 e. The first-order valence-corrected chi connectivity index (χ1v) is 7.47. The SMILES string of the molecule is CC(C)(C)OC(=O)N1CCC(C(OC=O)c2ncc[nH]2)CC1. The number of aromatic amines is 1. The molecule has 122 valence electrons. The van der Waals surface area contributed by atoms with Crippen LogP contribution in [0.15, 0.2) is 12.4 Å². The maximum atomic E-state index is 12.0. The molecule has 2 heterocycles. The number of hydrogen-bond donors (Lipinski definition) is 1. The number of likely N-dealkylation sites (tertiary alicyclic amines) is 1. The molecule has 1 amide bonds. The number of carbonyl (C=O) groups is 2. The van der Waals surface area contributed by atoms with E-state index >= 15 is 0 Å². The second-order valence-electron chi connectivity index (χ2n) is 6.43. The molecule has 22 heavy (non-hydrogen) atoms. The molecule has 1 N–H and O–H groups in total. The number of nitrogens with zero attached hydrogens (tertiary/aromatic N) is 2. The van der Waals surface area contributed by atoms with E-state index in [1.807, 2.05) is 20.8 Å². The van der Waals surface area contributed by atoms with E-state index in [2.05, 4.69) is 9.97 Å². The van der Waals surface area contributed by atoms with Crippen LogP contribution in [0.4, 0.5) is 4.79 Å². The van der Waals surface area contributed by atoms with Crippen LogP contribution >= 0.6 is 0 Å². The highest BCUT2D eigenvalue weighted by Crippen LogP contribution is 2.32. The quantitative estimate of drug-likeness (QED) is 0.862. The van der Waals surface area contributed by atoms with Gasteiger partial charge in [0.1, 0.15) is 11.4 Å². The molecule has 2 rings (SSSR count). The van der Waals surface area contributed by atoms with E-state index in [4.69, 9.17) is 9.47 Å². The van der Waals surface area contributed by atoms with Gasteiger partial charge >= 0.3 is 6.09 Å². The maximum Gasteiger partial charge on any atom is 0.410 e. The molecule has 0 spiro atoms. The van der Waals surface area contributed by atoms with Gasteiger partial charge < -0.3 is 19.4 Å². The topological polar surface area (TPSA) is 84.5 Å². The van der Waals surface area contributed by atoms with Crippen molar-refractivity contribution in [3.8, 4) is 0 Å². The van der Waals surface area contributed by atoms with Gasteiger partial charge in [-0.05, 0) is 33.6 Å². The van der Waals surface area contributed by atoms with E-state index in [1.165, 1.54) is 0 Å². The van der Waals surface area contributed by atoms with Crippen molar-refractivity contribution >= 4 is 12.6 Å². The van der Waals surface area contributed by atoms with E-state index in [0.29, 0.717) is 25.4 Å². The van der Waals surface area contributed by atoms with E-state index < -0.39 is 11.7 Å². The van der Waals surface area contributed by atoms with Crippen molar-refractivity contribution in [2.24, 2.45) is 5.92 Å². The zero-order valence-corrected chi connectivity index (χ0v) is 13.2. The minimum absolute atomic E-state index is 0.134. The Balaban J connectivity index is 1.93.